The van der Waals surface area contributed by atoms with Crippen LogP contribution in [0.25, 0.3) is 0 Å². The third-order valence-electron chi connectivity index (χ3n) is 7.61. The molecule has 0 unspecified atom stereocenters. The monoisotopic (exact) mass is 479 g/mol. The number of hydrogen-bond acceptors (Lipinski definition) is 4. The number of rotatable bonds is 10. The summed E-state index contributed by atoms with van der Waals surface area (Å²) in [4.78, 5) is 24.2. The maximum Gasteiger partial charge on any atom is 0.407 e. The molecule has 2 saturated carbocycles. The van der Waals surface area contributed by atoms with Gasteiger partial charge in [0.25, 0.3) is 0 Å². The lowest BCUT2D eigenvalue weighted by Gasteiger charge is -2.45. The summed E-state index contributed by atoms with van der Waals surface area (Å²) in [5.74, 6) is 0.999. The molecule has 0 aromatic carbocycles. The Balaban J connectivity index is 1.52. The highest BCUT2D eigenvalue weighted by Crippen LogP contribution is 2.50. The van der Waals surface area contributed by atoms with Crippen LogP contribution in [0.5, 0.6) is 0 Å². The standard InChI is InChI=1S/C29H53NO4/c1-26(2)15-22(16-27(3,4)20-26)11-12-24(31)33-13-9-10-14-34-25(32)30-19-23-17-28(5,6)21-29(7,8)18-23/h22-23H,9-21H2,1-8H3,(H,30,32). The van der Waals surface area contributed by atoms with E-state index in [1.807, 2.05) is 0 Å². The Kier molecular flexibility index (Phi) is 9.93. The molecule has 0 spiro atoms. The lowest BCUT2D eigenvalue weighted by Crippen LogP contribution is -2.39. The van der Waals surface area contributed by atoms with Crippen molar-refractivity contribution in [1.82, 2.24) is 5.32 Å². The van der Waals surface area contributed by atoms with E-state index in [1.54, 1.807) is 0 Å². The number of carbonyl (C=O) groups is 2. The molecule has 0 aromatic heterocycles. The first-order valence-corrected chi connectivity index (χ1v) is 13.6. The summed E-state index contributed by atoms with van der Waals surface area (Å²) < 4.78 is 10.7. The Morgan fingerprint density at radius 2 is 1.15 bits per heavy atom. The number of alkyl carbamates (subject to hydrolysis) is 1. The van der Waals surface area contributed by atoms with E-state index in [2.05, 4.69) is 60.7 Å². The van der Waals surface area contributed by atoms with Crippen molar-refractivity contribution in [2.24, 2.45) is 33.5 Å². The van der Waals surface area contributed by atoms with Crippen LogP contribution >= 0.6 is 0 Å². The molecule has 0 radical (unpaired) electrons. The van der Waals surface area contributed by atoms with Crippen molar-refractivity contribution in [1.29, 1.82) is 0 Å². The second kappa shape index (κ2) is 11.6. The lowest BCUT2D eigenvalue weighted by molar-refractivity contribution is -0.144. The molecule has 5 nitrogen and oxygen atoms in total. The average Bonchev–Trinajstić information content (AvgIpc) is 2.62. The van der Waals surface area contributed by atoms with Crippen LogP contribution in [0, 0.1) is 33.5 Å². The van der Waals surface area contributed by atoms with Gasteiger partial charge in [0.2, 0.25) is 0 Å². The number of esters is 1. The minimum absolute atomic E-state index is 0.0989. The van der Waals surface area contributed by atoms with Gasteiger partial charge in [0.15, 0.2) is 0 Å². The normalized spacial score (nSPS) is 23.8. The van der Waals surface area contributed by atoms with E-state index in [-0.39, 0.29) is 12.1 Å². The molecular formula is C29H53NO4. The zero-order valence-corrected chi connectivity index (χ0v) is 23.5. The van der Waals surface area contributed by atoms with E-state index in [4.69, 9.17) is 9.47 Å². The summed E-state index contributed by atoms with van der Waals surface area (Å²) in [6.45, 7) is 20.1. The molecular weight excluding hydrogens is 426 g/mol. The molecule has 0 bridgehead atoms. The number of nitrogens with one attached hydrogen (secondary N) is 1. The molecule has 0 heterocycles. The number of hydrogen-bond donors (Lipinski definition) is 1. The SMILES string of the molecule is CC1(C)CC(CCC(=O)OCCCCOC(=O)NCC2CC(C)(C)CC(C)(C)C2)CC(C)(C)C1. The van der Waals surface area contributed by atoms with Crippen molar-refractivity contribution in [3.63, 3.8) is 0 Å². The van der Waals surface area contributed by atoms with Crippen LogP contribution in [0.3, 0.4) is 0 Å². The summed E-state index contributed by atoms with van der Waals surface area (Å²) in [5.41, 5.74) is 1.34. The minimum atomic E-state index is -0.337. The quantitative estimate of drug-likeness (QED) is 0.260. The van der Waals surface area contributed by atoms with Gasteiger partial charge in [0, 0.05) is 13.0 Å². The molecule has 2 aliphatic carbocycles. The smallest absolute Gasteiger partial charge is 0.407 e. The second-order valence-corrected chi connectivity index (χ2v) is 14.5. The highest BCUT2D eigenvalue weighted by Gasteiger charge is 2.39. The minimum Gasteiger partial charge on any atom is -0.466 e. The molecule has 0 aliphatic heterocycles. The van der Waals surface area contributed by atoms with E-state index in [0.717, 1.165) is 19.3 Å². The van der Waals surface area contributed by atoms with Crippen LogP contribution in [0.1, 0.15) is 120 Å². The van der Waals surface area contributed by atoms with Crippen molar-refractivity contribution >= 4 is 12.1 Å². The van der Waals surface area contributed by atoms with E-state index in [0.29, 0.717) is 72.5 Å². The van der Waals surface area contributed by atoms with Gasteiger partial charge in [-0.15, -0.1) is 0 Å². The van der Waals surface area contributed by atoms with Crippen LogP contribution in [0.15, 0.2) is 0 Å². The molecule has 198 valence electrons. The second-order valence-electron chi connectivity index (χ2n) is 14.5. The van der Waals surface area contributed by atoms with Gasteiger partial charge < -0.3 is 14.8 Å². The molecule has 0 saturated heterocycles. The molecule has 0 aromatic rings. The van der Waals surface area contributed by atoms with Gasteiger partial charge in [-0.05, 0) is 91.3 Å². The van der Waals surface area contributed by atoms with Crippen LogP contribution in [0.2, 0.25) is 0 Å². The van der Waals surface area contributed by atoms with Gasteiger partial charge in [-0.25, -0.2) is 4.79 Å². The van der Waals surface area contributed by atoms with Crippen molar-refractivity contribution in [2.75, 3.05) is 19.8 Å². The maximum absolute atomic E-state index is 12.2. The van der Waals surface area contributed by atoms with E-state index in [9.17, 15) is 9.59 Å². The zero-order valence-electron chi connectivity index (χ0n) is 23.5. The lowest BCUT2D eigenvalue weighted by atomic mass is 9.61. The van der Waals surface area contributed by atoms with Gasteiger partial charge in [0.05, 0.1) is 13.2 Å². The fraction of sp³-hybridized carbons (Fsp3) is 0.931. The maximum atomic E-state index is 12.2. The van der Waals surface area contributed by atoms with Gasteiger partial charge in [-0.3, -0.25) is 4.79 Å². The predicted molar refractivity (Wildman–Crippen MR) is 139 cm³/mol. The van der Waals surface area contributed by atoms with Crippen molar-refractivity contribution < 1.29 is 19.1 Å². The topological polar surface area (TPSA) is 64.6 Å². The summed E-state index contributed by atoms with van der Waals surface area (Å²) in [5, 5.41) is 2.95. The Morgan fingerprint density at radius 1 is 0.706 bits per heavy atom. The zero-order chi connectivity index (χ0) is 25.6. The van der Waals surface area contributed by atoms with Crippen molar-refractivity contribution in [2.45, 2.75) is 120 Å². The van der Waals surface area contributed by atoms with E-state index in [1.165, 1.54) is 25.7 Å². The largest absolute Gasteiger partial charge is 0.466 e. The molecule has 34 heavy (non-hydrogen) atoms. The van der Waals surface area contributed by atoms with E-state index >= 15 is 0 Å². The van der Waals surface area contributed by atoms with E-state index < -0.39 is 0 Å². The first-order valence-electron chi connectivity index (χ1n) is 13.6. The average molecular weight is 480 g/mol. The number of unbranched alkanes of at least 4 members (excludes halogenated alkanes) is 1. The molecule has 2 aliphatic rings. The van der Waals surface area contributed by atoms with Gasteiger partial charge >= 0.3 is 12.1 Å². The fourth-order valence-electron chi connectivity index (χ4n) is 7.73. The Morgan fingerprint density at radius 3 is 1.65 bits per heavy atom. The fourth-order valence-corrected chi connectivity index (χ4v) is 7.73. The van der Waals surface area contributed by atoms with Crippen molar-refractivity contribution in [3.8, 4) is 0 Å². The number of carbonyl (C=O) groups excluding carboxylic acids is 2. The molecule has 1 amide bonds. The third-order valence-corrected chi connectivity index (χ3v) is 7.61. The van der Waals surface area contributed by atoms with Crippen molar-refractivity contribution in [3.05, 3.63) is 0 Å². The highest BCUT2D eigenvalue weighted by molar-refractivity contribution is 5.69. The first-order chi connectivity index (χ1) is 15.6. The molecule has 2 rings (SSSR count). The molecule has 0 atom stereocenters. The van der Waals surface area contributed by atoms with Crippen LogP contribution in [-0.4, -0.2) is 31.8 Å². The van der Waals surface area contributed by atoms with Gasteiger partial charge in [0.1, 0.15) is 0 Å². The summed E-state index contributed by atoms with van der Waals surface area (Å²) in [7, 11) is 0. The van der Waals surface area contributed by atoms with Crippen LogP contribution in [-0.2, 0) is 14.3 Å². The highest BCUT2D eigenvalue weighted by atomic mass is 16.5. The van der Waals surface area contributed by atoms with Gasteiger partial charge in [-0.1, -0.05) is 55.4 Å². The molecule has 5 heteroatoms. The molecule has 2 fully saturated rings. The Labute approximate surface area is 209 Å². The first kappa shape index (κ1) is 29.0. The number of ether oxygens (including phenoxy) is 2. The Bertz CT molecular complexity index is 590. The number of amides is 1. The van der Waals surface area contributed by atoms with Crippen LogP contribution < -0.4 is 5.32 Å². The summed E-state index contributed by atoms with van der Waals surface area (Å²) in [6.07, 6.45) is 9.64. The summed E-state index contributed by atoms with van der Waals surface area (Å²) >= 11 is 0. The molecule has 1 N–H and O–H groups in total. The Hall–Kier alpha value is -1.26. The summed E-state index contributed by atoms with van der Waals surface area (Å²) in [6, 6.07) is 0. The predicted octanol–water partition coefficient (Wildman–Crippen LogP) is 7.52. The third kappa shape index (κ3) is 11.0. The van der Waals surface area contributed by atoms with Crippen LogP contribution in [0.4, 0.5) is 4.79 Å². The van der Waals surface area contributed by atoms with Gasteiger partial charge in [-0.2, -0.15) is 0 Å².